The first kappa shape index (κ1) is 24.8. The van der Waals surface area contributed by atoms with E-state index in [1.807, 2.05) is 39.8 Å². The van der Waals surface area contributed by atoms with Crippen molar-refractivity contribution in [3.63, 3.8) is 0 Å². The molecule has 0 aliphatic carbocycles. The number of fused-ring (bicyclic) bond motifs is 1. The Morgan fingerprint density at radius 1 is 1.09 bits per heavy atom. The van der Waals surface area contributed by atoms with Crippen LogP contribution < -0.4 is 16.2 Å². The van der Waals surface area contributed by atoms with Crippen LogP contribution in [0.1, 0.15) is 30.0 Å². The Morgan fingerprint density at radius 2 is 1.79 bits per heavy atom. The van der Waals surface area contributed by atoms with Gasteiger partial charge >= 0.3 is 0 Å². The van der Waals surface area contributed by atoms with Crippen molar-refractivity contribution in [2.24, 2.45) is 0 Å². The summed E-state index contributed by atoms with van der Waals surface area (Å²) in [5.41, 5.74) is 4.16. The van der Waals surface area contributed by atoms with Crippen LogP contribution in [0.5, 0.6) is 0 Å². The lowest BCUT2D eigenvalue weighted by Crippen LogP contribution is -2.34. The second-order valence-electron chi connectivity index (χ2n) is 7.90. The van der Waals surface area contributed by atoms with Crippen LogP contribution in [0, 0.1) is 20.8 Å². The zero-order valence-electron chi connectivity index (χ0n) is 19.1. The lowest BCUT2D eigenvalue weighted by molar-refractivity contribution is -0.122. The lowest BCUT2D eigenvalue weighted by Gasteiger charge is -2.14. The maximum absolute atomic E-state index is 12.9. The fourth-order valence-corrected chi connectivity index (χ4v) is 4.65. The van der Waals surface area contributed by atoms with Gasteiger partial charge in [0, 0.05) is 17.3 Å². The average molecular weight is 487 g/mol. The van der Waals surface area contributed by atoms with Crippen molar-refractivity contribution in [1.82, 2.24) is 14.9 Å². The molecule has 2 N–H and O–H groups in total. The standard InChI is InChI=1S/C24H27ClN4O3S/c1-5-8-29-23(32)18-7-6-17(25)11-19(18)27-24(29)33-13-21(31)26-12-20(30)28-22-15(3)9-14(2)10-16(22)4/h6-7,9-11H,5,8,12-13H2,1-4H3,(H,26,31)(H,28,30). The molecule has 0 spiro atoms. The molecule has 2 aromatic carbocycles. The van der Waals surface area contributed by atoms with Crippen LogP contribution in [-0.4, -0.2) is 33.7 Å². The van der Waals surface area contributed by atoms with Crippen molar-refractivity contribution in [3.05, 3.63) is 62.4 Å². The molecule has 1 heterocycles. The number of nitrogens with zero attached hydrogens (tertiary/aromatic N) is 2. The Hall–Kier alpha value is -2.84. The predicted molar refractivity (Wildman–Crippen MR) is 134 cm³/mol. The Balaban J connectivity index is 1.64. The molecule has 174 valence electrons. The van der Waals surface area contributed by atoms with E-state index in [1.165, 1.54) is 0 Å². The fourth-order valence-electron chi connectivity index (χ4n) is 3.63. The zero-order valence-corrected chi connectivity index (χ0v) is 20.7. The third-order valence-electron chi connectivity index (χ3n) is 5.05. The third-order valence-corrected chi connectivity index (χ3v) is 6.26. The number of thioether (sulfide) groups is 1. The summed E-state index contributed by atoms with van der Waals surface area (Å²) in [5.74, 6) is -0.598. The summed E-state index contributed by atoms with van der Waals surface area (Å²) in [7, 11) is 0. The monoisotopic (exact) mass is 486 g/mol. The van der Waals surface area contributed by atoms with Crippen molar-refractivity contribution < 1.29 is 9.59 Å². The fraction of sp³-hybridized carbons (Fsp3) is 0.333. The largest absolute Gasteiger partial charge is 0.346 e. The van der Waals surface area contributed by atoms with Crippen LogP contribution in [-0.2, 0) is 16.1 Å². The van der Waals surface area contributed by atoms with E-state index in [2.05, 4.69) is 15.6 Å². The first-order chi connectivity index (χ1) is 15.7. The number of anilines is 1. The van der Waals surface area contributed by atoms with Crippen LogP contribution in [0.3, 0.4) is 0 Å². The van der Waals surface area contributed by atoms with Crippen LogP contribution in [0.15, 0.2) is 40.3 Å². The number of halogens is 1. The highest BCUT2D eigenvalue weighted by molar-refractivity contribution is 7.99. The predicted octanol–water partition coefficient (Wildman–Crippen LogP) is 4.23. The molecule has 7 nitrogen and oxygen atoms in total. The number of rotatable bonds is 8. The van der Waals surface area contributed by atoms with E-state index in [1.54, 1.807) is 22.8 Å². The number of carbonyl (C=O) groups is 2. The number of aromatic nitrogens is 2. The molecule has 0 unspecified atom stereocenters. The molecule has 33 heavy (non-hydrogen) atoms. The van der Waals surface area contributed by atoms with E-state index in [4.69, 9.17) is 11.6 Å². The first-order valence-corrected chi connectivity index (χ1v) is 12.0. The third kappa shape index (κ3) is 6.15. The van der Waals surface area contributed by atoms with E-state index in [0.29, 0.717) is 27.6 Å². The number of benzene rings is 2. The van der Waals surface area contributed by atoms with E-state index in [-0.39, 0.29) is 29.7 Å². The van der Waals surface area contributed by atoms with Crippen LogP contribution in [0.2, 0.25) is 5.02 Å². The minimum absolute atomic E-state index is 0.0259. The van der Waals surface area contributed by atoms with Gasteiger partial charge in [0.2, 0.25) is 11.8 Å². The van der Waals surface area contributed by atoms with Crippen molar-refractivity contribution >= 4 is 51.8 Å². The maximum Gasteiger partial charge on any atom is 0.262 e. The summed E-state index contributed by atoms with van der Waals surface area (Å²) in [6, 6.07) is 8.96. The first-order valence-electron chi connectivity index (χ1n) is 10.7. The molecule has 0 aliphatic rings. The minimum atomic E-state index is -0.323. The summed E-state index contributed by atoms with van der Waals surface area (Å²) < 4.78 is 1.57. The molecule has 3 rings (SSSR count). The molecule has 0 bridgehead atoms. The highest BCUT2D eigenvalue weighted by atomic mass is 35.5. The summed E-state index contributed by atoms with van der Waals surface area (Å²) in [6.07, 6.45) is 0.748. The second-order valence-corrected chi connectivity index (χ2v) is 9.28. The highest BCUT2D eigenvalue weighted by Gasteiger charge is 2.14. The van der Waals surface area contributed by atoms with Gasteiger partial charge in [-0.25, -0.2) is 4.98 Å². The quantitative estimate of drug-likeness (QED) is 0.367. The Morgan fingerprint density at radius 3 is 2.45 bits per heavy atom. The molecule has 9 heteroatoms. The summed E-state index contributed by atoms with van der Waals surface area (Å²) in [5, 5.41) is 6.91. The van der Waals surface area contributed by atoms with Gasteiger partial charge in [-0.1, -0.05) is 48.0 Å². The molecular formula is C24H27ClN4O3S. The van der Waals surface area contributed by atoms with E-state index in [0.717, 1.165) is 40.6 Å². The number of aryl methyl sites for hydroxylation is 3. The van der Waals surface area contributed by atoms with Gasteiger partial charge in [0.05, 0.1) is 23.2 Å². The SMILES string of the molecule is CCCn1c(SCC(=O)NCC(=O)Nc2c(C)cc(C)cc2C)nc2cc(Cl)ccc2c1=O. The highest BCUT2D eigenvalue weighted by Crippen LogP contribution is 2.22. The zero-order chi connectivity index (χ0) is 24.1. The molecule has 0 radical (unpaired) electrons. The normalized spacial score (nSPS) is 10.9. The number of nitrogens with one attached hydrogen (secondary N) is 2. The minimum Gasteiger partial charge on any atom is -0.346 e. The lowest BCUT2D eigenvalue weighted by atomic mass is 10.1. The van der Waals surface area contributed by atoms with E-state index in [9.17, 15) is 14.4 Å². The number of carbonyl (C=O) groups excluding carboxylic acids is 2. The van der Waals surface area contributed by atoms with E-state index < -0.39 is 0 Å². The van der Waals surface area contributed by atoms with Crippen molar-refractivity contribution in [3.8, 4) is 0 Å². The van der Waals surface area contributed by atoms with Gasteiger partial charge in [0.15, 0.2) is 5.16 Å². The number of hydrogen-bond donors (Lipinski definition) is 2. The topological polar surface area (TPSA) is 93.1 Å². The maximum atomic E-state index is 12.9. The Labute approximate surface area is 201 Å². The van der Waals surface area contributed by atoms with Gasteiger partial charge in [0.25, 0.3) is 5.56 Å². The van der Waals surface area contributed by atoms with Crippen LogP contribution in [0.25, 0.3) is 10.9 Å². The van der Waals surface area contributed by atoms with Gasteiger partial charge in [0.1, 0.15) is 0 Å². The summed E-state index contributed by atoms with van der Waals surface area (Å²) in [6.45, 7) is 8.19. The van der Waals surface area contributed by atoms with Crippen LogP contribution in [0.4, 0.5) is 5.69 Å². The van der Waals surface area contributed by atoms with Gasteiger partial charge in [-0.3, -0.25) is 19.0 Å². The average Bonchev–Trinajstić information content (AvgIpc) is 2.75. The number of amides is 2. The molecule has 0 atom stereocenters. The molecule has 0 fully saturated rings. The second kappa shape index (κ2) is 10.9. The molecule has 0 saturated carbocycles. The molecule has 0 saturated heterocycles. The summed E-state index contributed by atoms with van der Waals surface area (Å²) in [4.78, 5) is 42.1. The van der Waals surface area contributed by atoms with Crippen molar-refractivity contribution in [2.75, 3.05) is 17.6 Å². The van der Waals surface area contributed by atoms with Crippen molar-refractivity contribution in [1.29, 1.82) is 0 Å². The Kier molecular flexibility index (Phi) is 8.15. The van der Waals surface area contributed by atoms with E-state index >= 15 is 0 Å². The van der Waals surface area contributed by atoms with Crippen molar-refractivity contribution in [2.45, 2.75) is 45.8 Å². The molecule has 3 aromatic rings. The molecule has 1 aromatic heterocycles. The van der Waals surface area contributed by atoms with Crippen LogP contribution >= 0.6 is 23.4 Å². The summed E-state index contributed by atoms with van der Waals surface area (Å²) >= 11 is 7.21. The number of hydrogen-bond acceptors (Lipinski definition) is 5. The van der Waals surface area contributed by atoms with Gasteiger partial charge < -0.3 is 10.6 Å². The molecular weight excluding hydrogens is 460 g/mol. The Bertz CT molecular complexity index is 1250. The molecule has 2 amide bonds. The smallest absolute Gasteiger partial charge is 0.262 e. The van der Waals surface area contributed by atoms with Gasteiger partial charge in [-0.2, -0.15) is 0 Å². The van der Waals surface area contributed by atoms with Gasteiger partial charge in [-0.05, 0) is 56.5 Å². The van der Waals surface area contributed by atoms with Gasteiger partial charge in [-0.15, -0.1) is 0 Å². The molecule has 0 aliphatic heterocycles.